The van der Waals surface area contributed by atoms with Crippen LogP contribution >= 0.6 is 0 Å². The lowest BCUT2D eigenvalue weighted by Gasteiger charge is -2.29. The van der Waals surface area contributed by atoms with Crippen molar-refractivity contribution in [2.45, 2.75) is 19.0 Å². The fraction of sp³-hybridized carbons (Fsp3) is 0.455. The quantitative estimate of drug-likeness (QED) is 0.770. The molecule has 82 valence electrons. The highest BCUT2D eigenvalue weighted by Crippen LogP contribution is 2.21. The second kappa shape index (κ2) is 4.24. The molecule has 2 rings (SSSR count). The van der Waals surface area contributed by atoms with Crippen LogP contribution in [0.5, 0.6) is 0 Å². The highest BCUT2D eigenvalue weighted by Gasteiger charge is 2.22. The maximum absolute atomic E-state index is 13.4. The van der Waals surface area contributed by atoms with E-state index >= 15 is 0 Å². The minimum atomic E-state index is -0.555. The normalized spacial score (nSPS) is 26.6. The maximum atomic E-state index is 13.4. The molecule has 1 saturated heterocycles. The Morgan fingerprint density at radius 2 is 2.13 bits per heavy atom. The predicted molar refractivity (Wildman–Crippen MR) is 52.5 cm³/mol. The Kier molecular flexibility index (Phi) is 2.98. The van der Waals surface area contributed by atoms with Gasteiger partial charge in [-0.15, -0.1) is 0 Å². The second-order valence-corrected chi connectivity index (χ2v) is 3.82. The molecule has 1 N–H and O–H groups in total. The van der Waals surface area contributed by atoms with Crippen LogP contribution in [0.15, 0.2) is 18.2 Å². The average Bonchev–Trinajstić information content (AvgIpc) is 2.17. The maximum Gasteiger partial charge on any atom is 0.130 e. The van der Waals surface area contributed by atoms with E-state index < -0.39 is 11.6 Å². The average molecular weight is 213 g/mol. The molecular formula is C11H13F2NO. The Hall–Kier alpha value is -1.00. The summed E-state index contributed by atoms with van der Waals surface area (Å²) >= 11 is 0. The monoisotopic (exact) mass is 213 g/mol. The van der Waals surface area contributed by atoms with Gasteiger partial charge in [0.15, 0.2) is 0 Å². The zero-order valence-corrected chi connectivity index (χ0v) is 8.47. The molecule has 0 saturated carbocycles. The first-order valence-electron chi connectivity index (χ1n) is 4.95. The number of halogens is 2. The van der Waals surface area contributed by atoms with E-state index in [-0.39, 0.29) is 12.1 Å². The molecule has 0 amide bonds. The molecule has 0 radical (unpaired) electrons. The molecule has 0 spiro atoms. The van der Waals surface area contributed by atoms with Crippen LogP contribution < -0.4 is 5.32 Å². The molecule has 1 aliphatic rings. The van der Waals surface area contributed by atoms with Crippen molar-refractivity contribution in [2.24, 2.45) is 0 Å². The van der Waals surface area contributed by atoms with E-state index in [4.69, 9.17) is 4.74 Å². The summed E-state index contributed by atoms with van der Waals surface area (Å²) in [5, 5.41) is 3.21. The molecule has 15 heavy (non-hydrogen) atoms. The van der Waals surface area contributed by atoms with E-state index in [1.807, 2.05) is 6.92 Å². The Morgan fingerprint density at radius 1 is 1.33 bits per heavy atom. The van der Waals surface area contributed by atoms with Crippen molar-refractivity contribution in [1.82, 2.24) is 5.32 Å². The number of ether oxygens (including phenoxy) is 1. The van der Waals surface area contributed by atoms with Crippen LogP contribution in [0, 0.1) is 11.6 Å². The second-order valence-electron chi connectivity index (χ2n) is 3.82. The van der Waals surface area contributed by atoms with Gasteiger partial charge in [-0.2, -0.15) is 0 Å². The van der Waals surface area contributed by atoms with Gasteiger partial charge in [0, 0.05) is 17.7 Å². The van der Waals surface area contributed by atoms with Gasteiger partial charge in [-0.1, -0.05) is 6.07 Å². The summed E-state index contributed by atoms with van der Waals surface area (Å²) < 4.78 is 31.4. The van der Waals surface area contributed by atoms with Crippen LogP contribution in [-0.4, -0.2) is 19.3 Å². The topological polar surface area (TPSA) is 21.3 Å². The lowest BCUT2D eigenvalue weighted by Crippen LogP contribution is -2.42. The Morgan fingerprint density at radius 3 is 2.80 bits per heavy atom. The van der Waals surface area contributed by atoms with Crippen LogP contribution in [0.25, 0.3) is 0 Å². The smallest absolute Gasteiger partial charge is 0.130 e. The Balaban J connectivity index is 2.21. The van der Waals surface area contributed by atoms with E-state index in [2.05, 4.69) is 5.32 Å². The van der Waals surface area contributed by atoms with E-state index in [0.717, 1.165) is 6.07 Å². The highest BCUT2D eigenvalue weighted by molar-refractivity contribution is 5.22. The lowest BCUT2D eigenvalue weighted by atomic mass is 10.0. The summed E-state index contributed by atoms with van der Waals surface area (Å²) in [6.45, 7) is 3.01. The van der Waals surface area contributed by atoms with Crippen molar-refractivity contribution in [3.63, 3.8) is 0 Å². The molecule has 4 heteroatoms. The largest absolute Gasteiger partial charge is 0.378 e. The third-order valence-corrected chi connectivity index (χ3v) is 2.48. The van der Waals surface area contributed by atoms with Crippen molar-refractivity contribution in [1.29, 1.82) is 0 Å². The van der Waals surface area contributed by atoms with Gasteiger partial charge in [-0.3, -0.25) is 0 Å². The van der Waals surface area contributed by atoms with Gasteiger partial charge < -0.3 is 10.1 Å². The van der Waals surface area contributed by atoms with Crippen LogP contribution in [-0.2, 0) is 4.74 Å². The molecule has 2 nitrogen and oxygen atoms in total. The van der Waals surface area contributed by atoms with Gasteiger partial charge in [0.25, 0.3) is 0 Å². The first-order chi connectivity index (χ1) is 7.16. The Labute approximate surface area is 87.2 Å². The highest BCUT2D eigenvalue weighted by atomic mass is 19.1. The number of nitrogens with one attached hydrogen (secondary N) is 1. The van der Waals surface area contributed by atoms with Gasteiger partial charge in [0.2, 0.25) is 0 Å². The molecule has 1 heterocycles. The predicted octanol–water partition coefficient (Wildman–Crippen LogP) is 2.01. The molecule has 1 aromatic carbocycles. The van der Waals surface area contributed by atoms with Gasteiger partial charge >= 0.3 is 0 Å². The summed E-state index contributed by atoms with van der Waals surface area (Å²) in [6.07, 6.45) is 0. The molecule has 0 bridgehead atoms. The van der Waals surface area contributed by atoms with Gasteiger partial charge in [-0.25, -0.2) is 8.78 Å². The van der Waals surface area contributed by atoms with Crippen LogP contribution in [0.4, 0.5) is 8.78 Å². The molecule has 1 aromatic rings. The van der Waals surface area contributed by atoms with Gasteiger partial charge in [0.05, 0.1) is 19.3 Å². The zero-order valence-electron chi connectivity index (χ0n) is 8.47. The van der Waals surface area contributed by atoms with Crippen LogP contribution in [0.2, 0.25) is 0 Å². The Bertz CT molecular complexity index is 356. The van der Waals surface area contributed by atoms with Gasteiger partial charge in [-0.05, 0) is 13.0 Å². The van der Waals surface area contributed by atoms with E-state index in [1.165, 1.54) is 12.1 Å². The number of morpholine rings is 1. The van der Waals surface area contributed by atoms with Crippen molar-refractivity contribution < 1.29 is 13.5 Å². The summed E-state index contributed by atoms with van der Waals surface area (Å²) in [5.41, 5.74) is 0.461. The SMILES string of the molecule is CC1COCC(c2ccc(F)cc2F)N1. The van der Waals surface area contributed by atoms with Crippen LogP contribution in [0.3, 0.4) is 0 Å². The summed E-state index contributed by atoms with van der Waals surface area (Å²) in [5.74, 6) is -1.08. The first-order valence-corrected chi connectivity index (χ1v) is 4.95. The standard InChI is InChI=1S/C11H13F2NO/c1-7-5-15-6-11(14-7)9-3-2-8(12)4-10(9)13/h2-4,7,11,14H,5-6H2,1H3. The van der Waals surface area contributed by atoms with E-state index in [9.17, 15) is 8.78 Å². The minimum Gasteiger partial charge on any atom is -0.378 e. The molecule has 0 aromatic heterocycles. The molecular weight excluding hydrogens is 200 g/mol. The number of hydrogen-bond acceptors (Lipinski definition) is 2. The zero-order chi connectivity index (χ0) is 10.8. The van der Waals surface area contributed by atoms with E-state index in [0.29, 0.717) is 18.8 Å². The van der Waals surface area contributed by atoms with Gasteiger partial charge in [0.1, 0.15) is 11.6 Å². The molecule has 0 aliphatic carbocycles. The van der Waals surface area contributed by atoms with Crippen molar-refractivity contribution in [3.05, 3.63) is 35.4 Å². The minimum absolute atomic E-state index is 0.186. The summed E-state index contributed by atoms with van der Waals surface area (Å²) in [4.78, 5) is 0. The number of benzene rings is 1. The van der Waals surface area contributed by atoms with Crippen molar-refractivity contribution >= 4 is 0 Å². The van der Waals surface area contributed by atoms with Crippen molar-refractivity contribution in [3.8, 4) is 0 Å². The number of rotatable bonds is 1. The fourth-order valence-corrected chi connectivity index (χ4v) is 1.77. The first kappa shape index (κ1) is 10.5. The van der Waals surface area contributed by atoms with Crippen molar-refractivity contribution in [2.75, 3.05) is 13.2 Å². The molecule has 2 atom stereocenters. The fourth-order valence-electron chi connectivity index (χ4n) is 1.77. The lowest BCUT2D eigenvalue weighted by molar-refractivity contribution is 0.0493. The summed E-state index contributed by atoms with van der Waals surface area (Å²) in [6, 6.07) is 3.63. The molecule has 2 unspecified atom stereocenters. The third kappa shape index (κ3) is 2.33. The third-order valence-electron chi connectivity index (χ3n) is 2.48. The summed E-state index contributed by atoms with van der Waals surface area (Å²) in [7, 11) is 0. The van der Waals surface area contributed by atoms with Crippen LogP contribution in [0.1, 0.15) is 18.5 Å². The number of hydrogen-bond donors (Lipinski definition) is 1. The molecule has 1 aliphatic heterocycles. The van der Waals surface area contributed by atoms with E-state index in [1.54, 1.807) is 0 Å². The molecule has 1 fully saturated rings.